The third-order valence-corrected chi connectivity index (χ3v) is 9.29. The highest BCUT2D eigenvalue weighted by Crippen LogP contribution is 2.13. The van der Waals surface area contributed by atoms with Crippen molar-refractivity contribution in [3.63, 3.8) is 0 Å². The molecule has 0 heterocycles. The van der Waals surface area contributed by atoms with Crippen LogP contribution in [0, 0.1) is 0 Å². The first kappa shape index (κ1) is 50.4. The summed E-state index contributed by atoms with van der Waals surface area (Å²) in [6.07, 6.45) is 48.2. The van der Waals surface area contributed by atoms with Crippen LogP contribution in [0.5, 0.6) is 0 Å². The van der Waals surface area contributed by atoms with Gasteiger partial charge in [0.25, 0.3) is 0 Å². The molecule has 0 aromatic rings. The summed E-state index contributed by atoms with van der Waals surface area (Å²) in [4.78, 5) is 37.6. The first-order valence-electron chi connectivity index (χ1n) is 22.1. The number of allylic oxidation sites excluding steroid dienone is 8. The van der Waals surface area contributed by atoms with Crippen molar-refractivity contribution in [1.82, 2.24) is 0 Å². The van der Waals surface area contributed by atoms with Crippen LogP contribution in [0.25, 0.3) is 0 Å². The Hall–Kier alpha value is -2.63. The maximum absolute atomic E-state index is 12.7. The van der Waals surface area contributed by atoms with Crippen molar-refractivity contribution in [3.8, 4) is 0 Å². The molecule has 0 radical (unpaired) electrons. The van der Waals surface area contributed by atoms with Gasteiger partial charge >= 0.3 is 17.9 Å². The van der Waals surface area contributed by atoms with Gasteiger partial charge in [0.1, 0.15) is 13.2 Å². The summed E-state index contributed by atoms with van der Waals surface area (Å²) in [6, 6.07) is 0. The molecule has 53 heavy (non-hydrogen) atoms. The Balaban J connectivity index is 4.38. The van der Waals surface area contributed by atoms with E-state index in [-0.39, 0.29) is 31.1 Å². The van der Waals surface area contributed by atoms with Gasteiger partial charge in [-0.3, -0.25) is 14.4 Å². The summed E-state index contributed by atoms with van der Waals surface area (Å²) in [5.41, 5.74) is 0. The fourth-order valence-corrected chi connectivity index (χ4v) is 5.92. The molecule has 0 spiro atoms. The van der Waals surface area contributed by atoms with Crippen LogP contribution in [0.2, 0.25) is 0 Å². The van der Waals surface area contributed by atoms with Gasteiger partial charge in [0.05, 0.1) is 0 Å². The van der Waals surface area contributed by atoms with Crippen LogP contribution in [0.15, 0.2) is 48.6 Å². The van der Waals surface area contributed by atoms with Crippen LogP contribution in [0.3, 0.4) is 0 Å². The van der Waals surface area contributed by atoms with Crippen molar-refractivity contribution in [2.45, 2.75) is 219 Å². The number of unbranched alkanes of at least 4 members (excludes halogenated alkanes) is 20. The van der Waals surface area contributed by atoms with Crippen LogP contribution in [-0.4, -0.2) is 37.2 Å². The van der Waals surface area contributed by atoms with Gasteiger partial charge in [0.15, 0.2) is 6.10 Å². The highest BCUT2D eigenvalue weighted by atomic mass is 16.6. The number of rotatable bonds is 39. The highest BCUT2D eigenvalue weighted by molar-refractivity contribution is 5.71. The Labute approximate surface area is 327 Å². The van der Waals surface area contributed by atoms with Gasteiger partial charge in [-0.2, -0.15) is 0 Å². The summed E-state index contributed by atoms with van der Waals surface area (Å²) < 4.78 is 16.6. The summed E-state index contributed by atoms with van der Waals surface area (Å²) in [5.74, 6) is -0.945. The van der Waals surface area contributed by atoms with Gasteiger partial charge in [-0.05, 0) is 89.9 Å². The zero-order valence-corrected chi connectivity index (χ0v) is 34.8. The molecular weight excluding hydrogens is 661 g/mol. The molecule has 0 aliphatic rings. The van der Waals surface area contributed by atoms with E-state index in [1.54, 1.807) is 0 Å². The van der Waals surface area contributed by atoms with E-state index in [4.69, 9.17) is 14.2 Å². The molecule has 0 saturated heterocycles. The van der Waals surface area contributed by atoms with E-state index in [2.05, 4.69) is 69.4 Å². The van der Waals surface area contributed by atoms with Crippen molar-refractivity contribution in [2.24, 2.45) is 0 Å². The Kier molecular flexibility index (Phi) is 40.0. The normalized spacial score (nSPS) is 12.4. The summed E-state index contributed by atoms with van der Waals surface area (Å²) >= 11 is 0. The summed E-state index contributed by atoms with van der Waals surface area (Å²) in [7, 11) is 0. The van der Waals surface area contributed by atoms with Gasteiger partial charge in [-0.25, -0.2) is 0 Å². The summed E-state index contributed by atoms with van der Waals surface area (Å²) in [6.45, 7) is 6.40. The predicted octanol–water partition coefficient (Wildman–Crippen LogP) is 14.0. The second-order valence-corrected chi connectivity index (χ2v) is 14.6. The van der Waals surface area contributed by atoms with Gasteiger partial charge in [0, 0.05) is 19.3 Å². The second-order valence-electron chi connectivity index (χ2n) is 14.6. The van der Waals surface area contributed by atoms with Crippen LogP contribution < -0.4 is 0 Å². The smallest absolute Gasteiger partial charge is 0.306 e. The maximum Gasteiger partial charge on any atom is 0.306 e. The van der Waals surface area contributed by atoms with E-state index in [0.717, 1.165) is 83.5 Å². The van der Waals surface area contributed by atoms with E-state index in [9.17, 15) is 14.4 Å². The van der Waals surface area contributed by atoms with E-state index in [0.29, 0.717) is 19.3 Å². The number of hydrogen-bond donors (Lipinski definition) is 0. The highest BCUT2D eigenvalue weighted by Gasteiger charge is 2.19. The van der Waals surface area contributed by atoms with Crippen LogP contribution >= 0.6 is 0 Å². The molecule has 0 aliphatic carbocycles. The van der Waals surface area contributed by atoms with Crippen molar-refractivity contribution < 1.29 is 28.6 Å². The lowest BCUT2D eigenvalue weighted by molar-refractivity contribution is -0.167. The Bertz CT molecular complexity index is 949. The number of esters is 3. The third-order valence-electron chi connectivity index (χ3n) is 9.29. The third kappa shape index (κ3) is 40.4. The van der Waals surface area contributed by atoms with Crippen molar-refractivity contribution in [3.05, 3.63) is 48.6 Å². The topological polar surface area (TPSA) is 78.9 Å². The molecule has 0 bridgehead atoms. The second kappa shape index (κ2) is 42.1. The minimum Gasteiger partial charge on any atom is -0.462 e. The molecule has 0 aliphatic heterocycles. The molecule has 1 unspecified atom stereocenters. The first-order chi connectivity index (χ1) is 26.0. The number of hydrogen-bond acceptors (Lipinski definition) is 6. The van der Waals surface area contributed by atoms with Gasteiger partial charge in [-0.15, -0.1) is 0 Å². The Morgan fingerprint density at radius 1 is 0.396 bits per heavy atom. The maximum atomic E-state index is 12.7. The monoisotopic (exact) mass is 743 g/mol. The standard InChI is InChI=1S/C47H82O6/c1-4-7-10-13-16-19-21-22-23-24-26-28-31-34-37-40-46(49)52-43-44(42-51-45(48)39-36-33-30-27-18-15-12-9-6-3)53-47(50)41-38-35-32-29-25-20-17-14-11-8-5-2/h9,12,14,17-19,21,27,44H,4-8,10-11,13,15-16,20,22-26,28-43H2,1-3H3/b12-9-,17-14-,21-19-,27-18-. The van der Waals surface area contributed by atoms with Gasteiger partial charge < -0.3 is 14.2 Å². The quantitative estimate of drug-likeness (QED) is 0.0270. The lowest BCUT2D eigenvalue weighted by Crippen LogP contribution is -2.30. The van der Waals surface area contributed by atoms with E-state index < -0.39 is 6.10 Å². The van der Waals surface area contributed by atoms with Gasteiger partial charge in [0.2, 0.25) is 0 Å². The molecule has 0 fully saturated rings. The fraction of sp³-hybridized carbons (Fsp3) is 0.766. The first-order valence-corrected chi connectivity index (χ1v) is 22.1. The Morgan fingerprint density at radius 3 is 1.25 bits per heavy atom. The lowest BCUT2D eigenvalue weighted by atomic mass is 10.1. The molecule has 0 rings (SSSR count). The van der Waals surface area contributed by atoms with Crippen LogP contribution in [0.4, 0.5) is 0 Å². The average molecular weight is 743 g/mol. The molecule has 1 atom stereocenters. The SMILES string of the molecule is CC/C=C\C/C=C\CCCCC(=O)OCC(COC(=O)CCCCCCCCC/C=C\CCCCCC)OC(=O)CCCCCCC/C=C\CCCC. The van der Waals surface area contributed by atoms with Gasteiger partial charge in [-0.1, -0.05) is 153 Å². The molecular formula is C47H82O6. The van der Waals surface area contributed by atoms with E-state index >= 15 is 0 Å². The summed E-state index contributed by atoms with van der Waals surface area (Å²) in [5, 5.41) is 0. The zero-order chi connectivity index (χ0) is 38.7. The largest absolute Gasteiger partial charge is 0.462 e. The number of carbonyl (C=O) groups excluding carboxylic acids is 3. The number of carbonyl (C=O) groups is 3. The van der Waals surface area contributed by atoms with Crippen LogP contribution in [-0.2, 0) is 28.6 Å². The molecule has 0 aromatic heterocycles. The molecule has 6 heteroatoms. The van der Waals surface area contributed by atoms with Crippen molar-refractivity contribution >= 4 is 17.9 Å². The Morgan fingerprint density at radius 2 is 0.755 bits per heavy atom. The predicted molar refractivity (Wildman–Crippen MR) is 224 cm³/mol. The van der Waals surface area contributed by atoms with Crippen LogP contribution in [0.1, 0.15) is 213 Å². The molecule has 306 valence electrons. The molecule has 0 saturated carbocycles. The molecule has 0 N–H and O–H groups in total. The minimum absolute atomic E-state index is 0.0892. The minimum atomic E-state index is -0.787. The molecule has 6 nitrogen and oxygen atoms in total. The van der Waals surface area contributed by atoms with Crippen molar-refractivity contribution in [2.75, 3.05) is 13.2 Å². The number of ether oxygens (including phenoxy) is 3. The zero-order valence-electron chi connectivity index (χ0n) is 34.8. The molecule has 0 aromatic carbocycles. The van der Waals surface area contributed by atoms with E-state index in [1.807, 2.05) is 0 Å². The van der Waals surface area contributed by atoms with E-state index in [1.165, 1.54) is 89.9 Å². The lowest BCUT2D eigenvalue weighted by Gasteiger charge is -2.18. The van der Waals surface area contributed by atoms with Crippen molar-refractivity contribution in [1.29, 1.82) is 0 Å². The average Bonchev–Trinajstić information content (AvgIpc) is 3.15. The molecule has 0 amide bonds. The fourth-order valence-electron chi connectivity index (χ4n) is 5.92.